The van der Waals surface area contributed by atoms with Gasteiger partial charge in [0.05, 0.1) is 24.9 Å². The third-order valence-electron chi connectivity index (χ3n) is 4.57. The van der Waals surface area contributed by atoms with Crippen LogP contribution in [-0.2, 0) is 11.3 Å². The van der Waals surface area contributed by atoms with Crippen molar-refractivity contribution in [2.45, 2.75) is 12.7 Å². The van der Waals surface area contributed by atoms with E-state index in [0.717, 1.165) is 26.2 Å². The fraction of sp³-hybridized carbons (Fsp3) is 0.400. The molecule has 1 aliphatic rings. The van der Waals surface area contributed by atoms with Gasteiger partial charge in [-0.2, -0.15) is 5.26 Å². The summed E-state index contributed by atoms with van der Waals surface area (Å²) in [5.41, 5.74) is 1.06. The maximum atomic E-state index is 13.5. The Kier molecular flexibility index (Phi) is 6.71. The molecule has 1 fully saturated rings. The Morgan fingerprint density at radius 1 is 1.19 bits per heavy atom. The zero-order chi connectivity index (χ0) is 19.1. The summed E-state index contributed by atoms with van der Waals surface area (Å²) in [5.74, 6) is 0.419. The van der Waals surface area contributed by atoms with Gasteiger partial charge in [0, 0.05) is 44.5 Å². The van der Waals surface area contributed by atoms with Crippen LogP contribution in [-0.4, -0.2) is 60.4 Å². The molecule has 1 aliphatic heterocycles. The third-order valence-corrected chi connectivity index (χ3v) is 4.57. The number of pyridine rings is 1. The van der Waals surface area contributed by atoms with E-state index in [1.165, 1.54) is 6.07 Å². The van der Waals surface area contributed by atoms with E-state index in [9.17, 15) is 14.8 Å². The largest absolute Gasteiger partial charge is 0.389 e. The number of aromatic nitrogens is 1. The average Bonchev–Trinajstić information content (AvgIpc) is 2.70. The van der Waals surface area contributed by atoms with Gasteiger partial charge in [-0.15, -0.1) is 0 Å². The van der Waals surface area contributed by atoms with E-state index < -0.39 is 6.10 Å². The van der Waals surface area contributed by atoms with Gasteiger partial charge in [0.15, 0.2) is 0 Å². The van der Waals surface area contributed by atoms with Crippen LogP contribution in [0.25, 0.3) is 0 Å². The lowest BCUT2D eigenvalue weighted by Crippen LogP contribution is -2.49. The molecule has 6 nitrogen and oxygen atoms in total. The Labute approximate surface area is 158 Å². The van der Waals surface area contributed by atoms with Crippen LogP contribution in [0.3, 0.4) is 0 Å². The zero-order valence-electron chi connectivity index (χ0n) is 15.1. The number of ether oxygens (including phenoxy) is 1. The van der Waals surface area contributed by atoms with Crippen LogP contribution in [0.2, 0.25) is 0 Å². The third kappa shape index (κ3) is 5.23. The number of benzene rings is 1. The van der Waals surface area contributed by atoms with Crippen molar-refractivity contribution in [1.29, 1.82) is 5.26 Å². The second kappa shape index (κ2) is 9.42. The second-order valence-electron chi connectivity index (χ2n) is 6.53. The second-order valence-corrected chi connectivity index (χ2v) is 6.53. The van der Waals surface area contributed by atoms with E-state index in [-0.39, 0.29) is 19.0 Å². The highest BCUT2D eigenvalue weighted by Gasteiger charge is 2.21. The smallest absolute Gasteiger partial charge is 0.146 e. The van der Waals surface area contributed by atoms with Gasteiger partial charge in [-0.3, -0.25) is 4.90 Å². The fourth-order valence-corrected chi connectivity index (χ4v) is 3.15. The molecular weight excluding hydrogens is 347 g/mol. The zero-order valence-corrected chi connectivity index (χ0v) is 15.1. The van der Waals surface area contributed by atoms with Crippen molar-refractivity contribution in [3.63, 3.8) is 0 Å². The van der Waals surface area contributed by atoms with E-state index in [4.69, 9.17) is 4.74 Å². The molecule has 1 aromatic heterocycles. The number of anilines is 1. The van der Waals surface area contributed by atoms with Crippen LogP contribution < -0.4 is 4.90 Å². The summed E-state index contributed by atoms with van der Waals surface area (Å²) in [6, 6.07) is 12.2. The van der Waals surface area contributed by atoms with Crippen molar-refractivity contribution < 1.29 is 14.2 Å². The molecule has 7 heteroatoms. The molecule has 2 aromatic rings. The standard InChI is InChI=1S/C20H23FN4O2/c21-19-6-2-1-4-17(19)14-27-15-18(26)13-24-8-10-25(11-9-24)20-16(12-22)5-3-7-23-20/h1-7,18,26H,8-11,13-15H2. The Bertz CT molecular complexity index is 788. The van der Waals surface area contributed by atoms with E-state index in [1.807, 2.05) is 0 Å². The van der Waals surface area contributed by atoms with Crippen molar-refractivity contribution in [2.24, 2.45) is 0 Å². The summed E-state index contributed by atoms with van der Waals surface area (Å²) in [7, 11) is 0. The lowest BCUT2D eigenvalue weighted by molar-refractivity contribution is 0.00837. The van der Waals surface area contributed by atoms with Crippen molar-refractivity contribution >= 4 is 5.82 Å². The minimum atomic E-state index is -0.632. The molecule has 0 aliphatic carbocycles. The predicted octanol–water partition coefficient (Wildman–Crippen LogP) is 1.79. The van der Waals surface area contributed by atoms with Gasteiger partial charge in [0.2, 0.25) is 0 Å². The Morgan fingerprint density at radius 2 is 1.96 bits per heavy atom. The molecular formula is C20H23FN4O2. The van der Waals surface area contributed by atoms with Crippen LogP contribution in [0.4, 0.5) is 10.2 Å². The molecule has 0 radical (unpaired) electrons. The lowest BCUT2D eigenvalue weighted by atomic mass is 10.2. The van der Waals surface area contributed by atoms with Gasteiger partial charge >= 0.3 is 0 Å². The van der Waals surface area contributed by atoms with E-state index in [0.29, 0.717) is 23.5 Å². The number of nitrogens with zero attached hydrogens (tertiary/aromatic N) is 4. The minimum Gasteiger partial charge on any atom is -0.389 e. The van der Waals surface area contributed by atoms with Gasteiger partial charge in [-0.25, -0.2) is 9.37 Å². The minimum absolute atomic E-state index is 0.147. The number of β-amino-alcohol motifs (C(OH)–C–C–N with tert-alkyl or cyclic N) is 1. The van der Waals surface area contributed by atoms with Crippen LogP contribution >= 0.6 is 0 Å². The summed E-state index contributed by atoms with van der Waals surface area (Å²) in [4.78, 5) is 8.57. The molecule has 3 rings (SSSR count). The predicted molar refractivity (Wildman–Crippen MR) is 99.7 cm³/mol. The maximum absolute atomic E-state index is 13.5. The quantitative estimate of drug-likeness (QED) is 0.801. The maximum Gasteiger partial charge on any atom is 0.146 e. The van der Waals surface area contributed by atoms with Gasteiger partial charge in [-0.05, 0) is 18.2 Å². The van der Waals surface area contributed by atoms with Gasteiger partial charge in [-0.1, -0.05) is 18.2 Å². The molecule has 142 valence electrons. The molecule has 1 N–H and O–H groups in total. The van der Waals surface area contributed by atoms with Crippen LogP contribution in [0, 0.1) is 17.1 Å². The molecule has 0 spiro atoms. The Balaban J connectivity index is 1.41. The summed E-state index contributed by atoms with van der Waals surface area (Å²) in [6.45, 7) is 3.83. The lowest BCUT2D eigenvalue weighted by Gasteiger charge is -2.36. The first kappa shape index (κ1) is 19.2. The first-order chi connectivity index (χ1) is 13.2. The molecule has 1 atom stereocenters. The van der Waals surface area contributed by atoms with Gasteiger partial charge in [0.1, 0.15) is 17.7 Å². The monoisotopic (exact) mass is 370 g/mol. The van der Waals surface area contributed by atoms with Crippen LogP contribution in [0.15, 0.2) is 42.6 Å². The van der Waals surface area contributed by atoms with Crippen molar-refractivity contribution in [3.05, 3.63) is 59.5 Å². The van der Waals surface area contributed by atoms with Gasteiger partial charge < -0.3 is 14.7 Å². The summed E-state index contributed by atoms with van der Waals surface area (Å²) < 4.78 is 19.0. The molecule has 1 unspecified atom stereocenters. The molecule has 2 heterocycles. The van der Waals surface area contributed by atoms with Crippen molar-refractivity contribution in [3.8, 4) is 6.07 Å². The van der Waals surface area contributed by atoms with Crippen LogP contribution in [0.5, 0.6) is 0 Å². The Morgan fingerprint density at radius 3 is 2.70 bits per heavy atom. The number of piperazine rings is 1. The summed E-state index contributed by atoms with van der Waals surface area (Å²) in [5, 5.41) is 19.4. The normalized spacial score (nSPS) is 16.1. The number of nitriles is 1. The highest BCUT2D eigenvalue weighted by Crippen LogP contribution is 2.18. The highest BCUT2D eigenvalue weighted by molar-refractivity contribution is 5.53. The fourth-order valence-electron chi connectivity index (χ4n) is 3.15. The van der Waals surface area contributed by atoms with Crippen molar-refractivity contribution in [2.75, 3.05) is 44.2 Å². The van der Waals surface area contributed by atoms with Crippen molar-refractivity contribution in [1.82, 2.24) is 9.88 Å². The van der Waals surface area contributed by atoms with E-state index in [1.54, 1.807) is 36.5 Å². The van der Waals surface area contributed by atoms with Gasteiger partial charge in [0.25, 0.3) is 0 Å². The molecule has 27 heavy (non-hydrogen) atoms. The molecule has 0 amide bonds. The molecule has 1 aromatic carbocycles. The number of rotatable bonds is 7. The average molecular weight is 370 g/mol. The topological polar surface area (TPSA) is 72.6 Å². The molecule has 1 saturated heterocycles. The first-order valence-electron chi connectivity index (χ1n) is 8.99. The molecule has 0 saturated carbocycles. The SMILES string of the molecule is N#Cc1cccnc1N1CCN(CC(O)COCc2ccccc2F)CC1. The van der Waals surface area contributed by atoms with E-state index >= 15 is 0 Å². The number of aliphatic hydroxyl groups excluding tert-OH is 1. The first-order valence-corrected chi connectivity index (χ1v) is 8.99. The summed E-state index contributed by atoms with van der Waals surface area (Å²) in [6.07, 6.45) is 1.06. The highest BCUT2D eigenvalue weighted by atomic mass is 19.1. The van der Waals surface area contributed by atoms with Crippen LogP contribution in [0.1, 0.15) is 11.1 Å². The Hall–Kier alpha value is -2.53. The summed E-state index contributed by atoms with van der Waals surface area (Å²) >= 11 is 0. The molecule has 0 bridgehead atoms. The number of halogens is 1. The van der Waals surface area contributed by atoms with E-state index in [2.05, 4.69) is 20.9 Å². The number of hydrogen-bond donors (Lipinski definition) is 1. The number of hydrogen-bond acceptors (Lipinski definition) is 6. The number of aliphatic hydroxyl groups is 1.